The fourth-order valence-electron chi connectivity index (χ4n) is 3.48. The zero-order chi connectivity index (χ0) is 22.7. The lowest BCUT2D eigenvalue weighted by Crippen LogP contribution is -2.40. The second kappa shape index (κ2) is 9.23. The molecule has 10 heteroatoms. The Kier molecular flexibility index (Phi) is 6.22. The van der Waals surface area contributed by atoms with E-state index in [2.05, 4.69) is 10.1 Å². The second-order valence-electron chi connectivity index (χ2n) is 6.88. The average Bonchev–Trinajstić information content (AvgIpc) is 3.17. The number of carbonyl (C=O) groups excluding carboxylic acids is 2. The molecule has 1 aromatic heterocycles. The number of para-hydroxylation sites is 2. The SMILES string of the molecule is COc1cccc(C(=O)Nc2c(C(=O)N3CCOCC3)oc3ccccc23)c1OC(F)F. The van der Waals surface area contributed by atoms with Gasteiger partial charge in [0.25, 0.3) is 11.8 Å². The number of furan rings is 1. The number of carbonyl (C=O) groups is 2. The summed E-state index contributed by atoms with van der Waals surface area (Å²) in [7, 11) is 1.28. The highest BCUT2D eigenvalue weighted by atomic mass is 19.3. The number of alkyl halides is 2. The minimum Gasteiger partial charge on any atom is -0.493 e. The van der Waals surface area contributed by atoms with Crippen molar-refractivity contribution in [1.82, 2.24) is 4.90 Å². The summed E-state index contributed by atoms with van der Waals surface area (Å²) >= 11 is 0. The third-order valence-electron chi connectivity index (χ3n) is 4.98. The summed E-state index contributed by atoms with van der Waals surface area (Å²) in [6.45, 7) is -1.61. The van der Waals surface area contributed by atoms with Gasteiger partial charge in [-0.05, 0) is 24.3 Å². The first-order chi connectivity index (χ1) is 15.5. The molecule has 1 N–H and O–H groups in total. The third-order valence-corrected chi connectivity index (χ3v) is 4.98. The minimum atomic E-state index is -3.16. The highest BCUT2D eigenvalue weighted by Crippen LogP contribution is 2.36. The summed E-state index contributed by atoms with van der Waals surface area (Å²) in [5.74, 6) is -1.66. The van der Waals surface area contributed by atoms with Crippen LogP contribution in [0.3, 0.4) is 0 Å². The molecule has 4 rings (SSSR count). The van der Waals surface area contributed by atoms with Crippen molar-refractivity contribution in [3.63, 3.8) is 0 Å². The van der Waals surface area contributed by atoms with Gasteiger partial charge in [0.1, 0.15) is 11.3 Å². The van der Waals surface area contributed by atoms with Gasteiger partial charge < -0.3 is 28.8 Å². The first-order valence-corrected chi connectivity index (χ1v) is 9.81. The first kappa shape index (κ1) is 21.6. The summed E-state index contributed by atoms with van der Waals surface area (Å²) in [6, 6.07) is 11.0. The number of halogens is 2. The maximum atomic E-state index is 13.1. The van der Waals surface area contributed by atoms with Crippen LogP contribution in [0.1, 0.15) is 20.9 Å². The standard InChI is InChI=1S/C22H20F2N2O6/c1-29-16-8-4-6-14(18(16)32-22(23)24)20(27)25-17-13-5-2-3-7-15(13)31-19(17)21(28)26-9-11-30-12-10-26/h2-8,22H,9-12H2,1H3,(H,25,27). The predicted octanol–water partition coefficient (Wildman–Crippen LogP) is 3.77. The molecular formula is C22H20F2N2O6. The van der Waals surface area contributed by atoms with Gasteiger partial charge in [-0.2, -0.15) is 8.78 Å². The number of anilines is 1. The summed E-state index contributed by atoms with van der Waals surface area (Å²) in [4.78, 5) is 27.8. The molecular weight excluding hydrogens is 426 g/mol. The molecule has 0 spiro atoms. The van der Waals surface area contributed by atoms with Crippen LogP contribution in [0.25, 0.3) is 11.0 Å². The van der Waals surface area contributed by atoms with Crippen LogP contribution < -0.4 is 14.8 Å². The maximum Gasteiger partial charge on any atom is 0.387 e. The molecule has 168 valence electrons. The lowest BCUT2D eigenvalue weighted by molar-refractivity contribution is -0.0515. The molecule has 0 radical (unpaired) electrons. The lowest BCUT2D eigenvalue weighted by atomic mass is 10.1. The van der Waals surface area contributed by atoms with Gasteiger partial charge in [-0.1, -0.05) is 18.2 Å². The number of hydrogen-bond acceptors (Lipinski definition) is 6. The van der Waals surface area contributed by atoms with Crippen LogP contribution in [-0.2, 0) is 4.74 Å². The Morgan fingerprint density at radius 3 is 2.56 bits per heavy atom. The number of ether oxygens (including phenoxy) is 3. The Bertz CT molecular complexity index is 1140. The van der Waals surface area contributed by atoms with Crippen molar-refractivity contribution >= 4 is 28.5 Å². The van der Waals surface area contributed by atoms with Gasteiger partial charge in [-0.25, -0.2) is 0 Å². The molecule has 1 saturated heterocycles. The highest BCUT2D eigenvalue weighted by molar-refractivity contribution is 6.15. The Hall–Kier alpha value is -3.66. The van der Waals surface area contributed by atoms with E-state index in [4.69, 9.17) is 13.9 Å². The second-order valence-corrected chi connectivity index (χ2v) is 6.88. The van der Waals surface area contributed by atoms with E-state index in [1.165, 1.54) is 25.3 Å². The van der Waals surface area contributed by atoms with Gasteiger partial charge in [-0.15, -0.1) is 0 Å². The third kappa shape index (κ3) is 4.22. The van der Waals surface area contributed by atoms with Gasteiger partial charge in [0.05, 0.1) is 25.9 Å². The Labute approximate surface area is 181 Å². The Balaban J connectivity index is 1.73. The Morgan fingerprint density at radius 1 is 1.09 bits per heavy atom. The van der Waals surface area contributed by atoms with Crippen LogP contribution in [0.5, 0.6) is 11.5 Å². The van der Waals surface area contributed by atoms with Gasteiger partial charge in [0.15, 0.2) is 11.5 Å². The number of morpholine rings is 1. The number of fused-ring (bicyclic) bond motifs is 1. The van der Waals surface area contributed by atoms with E-state index in [0.717, 1.165) is 0 Å². The fourth-order valence-corrected chi connectivity index (χ4v) is 3.48. The molecule has 1 aliphatic rings. The molecule has 0 bridgehead atoms. The first-order valence-electron chi connectivity index (χ1n) is 9.81. The number of methoxy groups -OCH3 is 1. The molecule has 8 nitrogen and oxygen atoms in total. The Morgan fingerprint density at radius 2 is 1.84 bits per heavy atom. The van der Waals surface area contributed by atoms with Crippen molar-refractivity contribution in [3.05, 3.63) is 53.8 Å². The van der Waals surface area contributed by atoms with E-state index in [-0.39, 0.29) is 22.8 Å². The fraction of sp³-hybridized carbons (Fsp3) is 0.273. The zero-order valence-electron chi connectivity index (χ0n) is 17.1. The van der Waals surface area contributed by atoms with E-state index >= 15 is 0 Å². The molecule has 3 aromatic rings. The molecule has 1 fully saturated rings. The number of rotatable bonds is 6. The van der Waals surface area contributed by atoms with E-state index < -0.39 is 24.2 Å². The van der Waals surface area contributed by atoms with E-state index in [9.17, 15) is 18.4 Å². The van der Waals surface area contributed by atoms with Crippen LogP contribution in [0.2, 0.25) is 0 Å². The van der Waals surface area contributed by atoms with E-state index in [1.54, 1.807) is 29.2 Å². The maximum absolute atomic E-state index is 13.1. The van der Waals surface area contributed by atoms with Crippen molar-refractivity contribution in [2.24, 2.45) is 0 Å². The molecule has 0 unspecified atom stereocenters. The number of nitrogens with one attached hydrogen (secondary N) is 1. The van der Waals surface area contributed by atoms with Crippen molar-refractivity contribution in [1.29, 1.82) is 0 Å². The smallest absolute Gasteiger partial charge is 0.387 e. The van der Waals surface area contributed by atoms with Gasteiger partial charge >= 0.3 is 6.61 Å². The van der Waals surface area contributed by atoms with E-state index in [0.29, 0.717) is 37.3 Å². The molecule has 0 atom stereocenters. The number of nitrogens with zero attached hydrogens (tertiary/aromatic N) is 1. The summed E-state index contributed by atoms with van der Waals surface area (Å²) in [5, 5.41) is 3.14. The number of hydrogen-bond donors (Lipinski definition) is 1. The van der Waals surface area contributed by atoms with Crippen molar-refractivity contribution in [2.45, 2.75) is 6.61 Å². The van der Waals surface area contributed by atoms with Crippen LogP contribution in [-0.4, -0.2) is 56.7 Å². The molecule has 1 aliphatic heterocycles. The van der Waals surface area contributed by atoms with Gasteiger partial charge in [0.2, 0.25) is 5.76 Å². The van der Waals surface area contributed by atoms with Crippen LogP contribution in [0.15, 0.2) is 46.9 Å². The summed E-state index contributed by atoms with van der Waals surface area (Å²) in [6.07, 6.45) is 0. The molecule has 2 aromatic carbocycles. The summed E-state index contributed by atoms with van der Waals surface area (Å²) < 4.78 is 46.6. The monoisotopic (exact) mass is 446 g/mol. The van der Waals surface area contributed by atoms with Gasteiger partial charge in [0, 0.05) is 18.5 Å². The van der Waals surface area contributed by atoms with Crippen LogP contribution in [0.4, 0.5) is 14.5 Å². The normalized spacial score (nSPS) is 13.9. The number of amides is 2. The zero-order valence-corrected chi connectivity index (χ0v) is 17.1. The lowest BCUT2D eigenvalue weighted by Gasteiger charge is -2.26. The van der Waals surface area contributed by atoms with Crippen molar-refractivity contribution in [2.75, 3.05) is 38.7 Å². The molecule has 2 amide bonds. The quantitative estimate of drug-likeness (QED) is 0.620. The largest absolute Gasteiger partial charge is 0.493 e. The topological polar surface area (TPSA) is 90.2 Å². The minimum absolute atomic E-state index is 0.0281. The molecule has 2 heterocycles. The molecule has 32 heavy (non-hydrogen) atoms. The number of benzene rings is 2. The van der Waals surface area contributed by atoms with Crippen LogP contribution in [0, 0.1) is 0 Å². The average molecular weight is 446 g/mol. The predicted molar refractivity (Wildman–Crippen MR) is 111 cm³/mol. The van der Waals surface area contributed by atoms with E-state index in [1.807, 2.05) is 0 Å². The van der Waals surface area contributed by atoms with Crippen molar-refractivity contribution in [3.8, 4) is 11.5 Å². The van der Waals surface area contributed by atoms with Crippen LogP contribution >= 0.6 is 0 Å². The summed E-state index contributed by atoms with van der Waals surface area (Å²) in [5.41, 5.74) is 0.363. The molecule has 0 saturated carbocycles. The van der Waals surface area contributed by atoms with Crippen molar-refractivity contribution < 1.29 is 37.0 Å². The highest BCUT2D eigenvalue weighted by Gasteiger charge is 2.29. The molecule has 0 aliphatic carbocycles. The van der Waals surface area contributed by atoms with Gasteiger partial charge in [-0.3, -0.25) is 9.59 Å².